The van der Waals surface area contributed by atoms with Gasteiger partial charge >= 0.3 is 0 Å². The fourth-order valence-electron chi connectivity index (χ4n) is 5.93. The van der Waals surface area contributed by atoms with Crippen molar-refractivity contribution in [3.63, 3.8) is 0 Å². The van der Waals surface area contributed by atoms with Crippen molar-refractivity contribution < 1.29 is 24.2 Å². The molecular formula is C38H41N5O5. The highest BCUT2D eigenvalue weighted by Crippen LogP contribution is 2.39. The predicted molar refractivity (Wildman–Crippen MR) is 186 cm³/mol. The first-order chi connectivity index (χ1) is 23.4. The fraction of sp³-hybridized carbons (Fsp3) is 0.289. The summed E-state index contributed by atoms with van der Waals surface area (Å²) in [5.74, 6) is -0.163. The second-order valence-electron chi connectivity index (χ2n) is 12.1. The second kappa shape index (κ2) is 15.7. The van der Waals surface area contributed by atoms with Gasteiger partial charge in [0.1, 0.15) is 0 Å². The van der Waals surface area contributed by atoms with Gasteiger partial charge in [-0.15, -0.1) is 0 Å². The van der Waals surface area contributed by atoms with Crippen molar-refractivity contribution in [1.82, 2.24) is 9.55 Å². The molecule has 1 fully saturated rings. The second-order valence-corrected chi connectivity index (χ2v) is 12.1. The summed E-state index contributed by atoms with van der Waals surface area (Å²) >= 11 is 0. The molecule has 1 aliphatic heterocycles. The highest BCUT2D eigenvalue weighted by molar-refractivity contribution is 5.93. The van der Waals surface area contributed by atoms with Gasteiger partial charge in [0, 0.05) is 30.5 Å². The zero-order valence-corrected chi connectivity index (χ0v) is 26.8. The number of rotatable bonds is 13. The van der Waals surface area contributed by atoms with Crippen molar-refractivity contribution in [2.75, 3.05) is 16.4 Å². The van der Waals surface area contributed by atoms with E-state index < -0.39 is 6.29 Å². The smallest absolute Gasteiger partial charge is 0.224 e. The molecule has 10 nitrogen and oxygen atoms in total. The van der Waals surface area contributed by atoms with E-state index in [1.807, 2.05) is 85.2 Å². The van der Waals surface area contributed by atoms with Crippen LogP contribution in [0.3, 0.4) is 0 Å². The van der Waals surface area contributed by atoms with E-state index in [0.29, 0.717) is 55.7 Å². The van der Waals surface area contributed by atoms with Crippen LogP contribution in [0.4, 0.5) is 17.1 Å². The zero-order valence-electron chi connectivity index (χ0n) is 26.8. The van der Waals surface area contributed by atoms with Gasteiger partial charge in [-0.2, -0.15) is 0 Å². The van der Waals surface area contributed by atoms with Crippen LogP contribution in [0.25, 0.3) is 11.0 Å². The lowest BCUT2D eigenvalue weighted by Gasteiger charge is -2.36. The van der Waals surface area contributed by atoms with Gasteiger partial charge in [0.15, 0.2) is 6.29 Å². The summed E-state index contributed by atoms with van der Waals surface area (Å²) in [6, 6.07) is 30.6. The molecule has 6 rings (SSSR count). The van der Waals surface area contributed by atoms with Crippen LogP contribution in [0.15, 0.2) is 103 Å². The van der Waals surface area contributed by atoms with Gasteiger partial charge in [-0.05, 0) is 60.4 Å². The number of nitrogens with zero attached hydrogens (tertiary/aromatic N) is 2. The molecule has 4 aromatic carbocycles. The van der Waals surface area contributed by atoms with Crippen molar-refractivity contribution >= 4 is 39.9 Å². The number of amides is 2. The monoisotopic (exact) mass is 647 g/mol. The summed E-state index contributed by atoms with van der Waals surface area (Å²) in [7, 11) is 0. The average Bonchev–Trinajstić information content (AvgIpc) is 3.52. The number of hydrogen-bond donors (Lipinski definition) is 4. The number of anilines is 3. The Bertz CT molecular complexity index is 1820. The Morgan fingerprint density at radius 3 is 2.25 bits per heavy atom. The first-order valence-electron chi connectivity index (χ1n) is 16.4. The number of fused-ring (bicyclic) bond motifs is 1. The first-order valence-corrected chi connectivity index (χ1v) is 16.4. The average molecular weight is 648 g/mol. The van der Waals surface area contributed by atoms with Crippen molar-refractivity contribution in [2.45, 2.75) is 70.2 Å². The number of aliphatic hydroxyl groups is 1. The molecule has 0 bridgehead atoms. The van der Waals surface area contributed by atoms with Crippen LogP contribution in [0, 0.1) is 0 Å². The third-order valence-corrected chi connectivity index (χ3v) is 8.55. The van der Waals surface area contributed by atoms with E-state index >= 15 is 0 Å². The summed E-state index contributed by atoms with van der Waals surface area (Å²) in [5, 5.41) is 15.3. The number of aliphatic hydroxyl groups excluding tert-OH is 1. The Hall–Kier alpha value is -5.03. The molecule has 0 aliphatic carbocycles. The summed E-state index contributed by atoms with van der Waals surface area (Å²) in [6.07, 6.45) is 4.41. The number of nitrogens with one attached hydrogen (secondary N) is 2. The van der Waals surface area contributed by atoms with E-state index in [-0.39, 0.29) is 30.6 Å². The van der Waals surface area contributed by atoms with E-state index in [9.17, 15) is 14.7 Å². The van der Waals surface area contributed by atoms with Gasteiger partial charge in [-0.1, -0.05) is 67.1 Å². The lowest BCUT2D eigenvalue weighted by molar-refractivity contribution is -0.252. The van der Waals surface area contributed by atoms with Crippen molar-refractivity contribution in [3.8, 4) is 0 Å². The number of carbonyl (C=O) groups is 2. The predicted octanol–water partition coefficient (Wildman–Crippen LogP) is 6.88. The van der Waals surface area contributed by atoms with E-state index in [0.717, 1.165) is 34.1 Å². The van der Waals surface area contributed by atoms with Crippen LogP contribution in [-0.4, -0.2) is 32.6 Å². The van der Waals surface area contributed by atoms with Crippen LogP contribution < -0.4 is 16.4 Å². The summed E-state index contributed by atoms with van der Waals surface area (Å²) in [5.41, 5.74) is 12.4. The topological polar surface area (TPSA) is 141 Å². The van der Waals surface area contributed by atoms with Gasteiger partial charge < -0.3 is 35.5 Å². The minimum atomic E-state index is -0.610. The molecule has 1 aliphatic rings. The maximum absolute atomic E-state index is 12.6. The van der Waals surface area contributed by atoms with Crippen molar-refractivity contribution in [3.05, 3.63) is 120 Å². The van der Waals surface area contributed by atoms with Gasteiger partial charge in [-0.25, -0.2) is 4.98 Å². The highest BCUT2D eigenvalue weighted by atomic mass is 16.7. The van der Waals surface area contributed by atoms with E-state index in [4.69, 9.17) is 15.2 Å². The van der Waals surface area contributed by atoms with Gasteiger partial charge in [-0.3, -0.25) is 9.59 Å². The SMILES string of the molecule is Nc1ccccc1NC(=O)CCCCCC(=O)Nc1ccc([C@H]2O[C@@H](Cn3cnc4ccccc43)C[C@@H](c3ccc(CO)cc3)O2)cc1. The Morgan fingerprint density at radius 1 is 0.812 bits per heavy atom. The number of carbonyl (C=O) groups excluding carboxylic acids is 2. The number of hydrogen-bond acceptors (Lipinski definition) is 7. The molecule has 248 valence electrons. The third kappa shape index (κ3) is 8.46. The normalized spacial score (nSPS) is 17.6. The molecule has 1 aromatic heterocycles. The maximum atomic E-state index is 12.6. The lowest BCUT2D eigenvalue weighted by Crippen LogP contribution is -2.32. The fourth-order valence-corrected chi connectivity index (χ4v) is 5.93. The first kappa shape index (κ1) is 32.9. The Morgan fingerprint density at radius 2 is 1.50 bits per heavy atom. The number of benzene rings is 4. The summed E-state index contributed by atoms with van der Waals surface area (Å²) < 4.78 is 15.1. The van der Waals surface area contributed by atoms with E-state index in [1.165, 1.54) is 0 Å². The third-order valence-electron chi connectivity index (χ3n) is 8.55. The number of unbranched alkanes of at least 4 members (excludes halogenated alkanes) is 2. The van der Waals surface area contributed by atoms with Crippen LogP contribution in [0.2, 0.25) is 0 Å². The van der Waals surface area contributed by atoms with E-state index in [1.54, 1.807) is 12.1 Å². The minimum absolute atomic E-state index is 0.0130. The Kier molecular flexibility index (Phi) is 10.8. The molecule has 3 atom stereocenters. The van der Waals surface area contributed by atoms with Crippen LogP contribution >= 0.6 is 0 Å². The van der Waals surface area contributed by atoms with Gasteiger partial charge in [0.2, 0.25) is 11.8 Å². The molecule has 5 aromatic rings. The van der Waals surface area contributed by atoms with Crippen LogP contribution in [0.5, 0.6) is 0 Å². The largest absolute Gasteiger partial charge is 0.397 e. The van der Waals surface area contributed by atoms with Crippen LogP contribution in [-0.2, 0) is 32.2 Å². The Labute approximate surface area is 279 Å². The zero-order chi connectivity index (χ0) is 33.3. The quantitative estimate of drug-likeness (QED) is 0.0806. The number of nitrogen functional groups attached to an aromatic ring is 1. The highest BCUT2D eigenvalue weighted by Gasteiger charge is 2.32. The van der Waals surface area contributed by atoms with Crippen LogP contribution in [0.1, 0.15) is 67.6 Å². The molecule has 48 heavy (non-hydrogen) atoms. The van der Waals surface area contributed by atoms with Crippen molar-refractivity contribution in [2.24, 2.45) is 0 Å². The molecule has 5 N–H and O–H groups in total. The Balaban J connectivity index is 1.02. The standard InChI is InChI=1S/C38H41N5O5/c39-31-8-4-5-9-32(31)42-37(46)13-3-1-2-12-36(45)41-29-20-18-28(19-21-29)38-47-30(23-43-25-40-33-10-6-7-11-34(33)43)22-35(48-38)27-16-14-26(24-44)15-17-27/h4-11,14-21,25,30,35,38,44H,1-3,12-13,22-24,39H2,(H,41,45)(H,42,46)/t30-,35+,38+/m1/s1. The number of para-hydroxylation sites is 4. The molecule has 0 spiro atoms. The molecule has 0 radical (unpaired) electrons. The summed E-state index contributed by atoms with van der Waals surface area (Å²) in [6.45, 7) is 0.604. The lowest BCUT2D eigenvalue weighted by atomic mass is 10.00. The van der Waals surface area contributed by atoms with Crippen molar-refractivity contribution in [1.29, 1.82) is 0 Å². The van der Waals surface area contributed by atoms with Gasteiger partial charge in [0.25, 0.3) is 0 Å². The number of nitrogens with two attached hydrogens (primary N) is 1. The minimum Gasteiger partial charge on any atom is -0.397 e. The molecular weight excluding hydrogens is 606 g/mol. The van der Waals surface area contributed by atoms with E-state index in [2.05, 4.69) is 26.3 Å². The van der Waals surface area contributed by atoms with Gasteiger partial charge in [0.05, 0.1) is 54.1 Å². The number of ether oxygens (including phenoxy) is 2. The molecule has 2 amide bonds. The molecule has 0 saturated carbocycles. The number of imidazole rings is 1. The number of aromatic nitrogens is 2. The molecule has 0 unspecified atom stereocenters. The summed E-state index contributed by atoms with van der Waals surface area (Å²) in [4.78, 5) is 29.4. The maximum Gasteiger partial charge on any atom is 0.224 e. The molecule has 1 saturated heterocycles. The molecule has 10 heteroatoms. The molecule has 2 heterocycles.